The number of halogens is 1. The number of rotatable bonds is 8. The molecular formula is C23H39IN4O3. The van der Waals surface area contributed by atoms with Gasteiger partial charge in [-0.3, -0.25) is 9.89 Å². The number of ether oxygens (including phenoxy) is 3. The van der Waals surface area contributed by atoms with E-state index in [0.717, 1.165) is 63.0 Å². The molecule has 2 fully saturated rings. The van der Waals surface area contributed by atoms with Crippen molar-refractivity contribution in [2.75, 3.05) is 46.6 Å². The van der Waals surface area contributed by atoms with E-state index in [-0.39, 0.29) is 30.1 Å². The SMILES string of the molecule is CN=C(NCc1ccc(C)cc1OCC1CCCO1)NCC(C)N1CCOCC1C.I. The standard InChI is InChI=1S/C23H38N4O3.HI/c1-17-7-8-20(22(12-17)30-16-21-6-5-10-29-21)14-26-23(24-4)25-13-18(2)27-9-11-28-15-19(27)3;/h7-8,12,18-19,21H,5-6,9-11,13-16H2,1-4H3,(H2,24,25,26);1H. The van der Waals surface area contributed by atoms with E-state index in [1.54, 1.807) is 7.05 Å². The van der Waals surface area contributed by atoms with E-state index < -0.39 is 0 Å². The fourth-order valence-electron chi connectivity index (χ4n) is 4.06. The second-order valence-electron chi connectivity index (χ2n) is 8.37. The average Bonchev–Trinajstić information content (AvgIpc) is 3.27. The molecular weight excluding hydrogens is 507 g/mol. The lowest BCUT2D eigenvalue weighted by Gasteiger charge is -2.38. The third-order valence-electron chi connectivity index (χ3n) is 5.89. The van der Waals surface area contributed by atoms with Crippen LogP contribution in [0.1, 0.15) is 37.8 Å². The summed E-state index contributed by atoms with van der Waals surface area (Å²) in [6.07, 6.45) is 2.42. The van der Waals surface area contributed by atoms with Gasteiger partial charge in [-0.05, 0) is 45.2 Å². The smallest absolute Gasteiger partial charge is 0.191 e. The van der Waals surface area contributed by atoms with Crippen molar-refractivity contribution < 1.29 is 14.2 Å². The van der Waals surface area contributed by atoms with Crippen LogP contribution in [-0.2, 0) is 16.0 Å². The zero-order chi connectivity index (χ0) is 21.3. The zero-order valence-corrected chi connectivity index (χ0v) is 21.7. The lowest BCUT2D eigenvalue weighted by atomic mass is 10.1. The Morgan fingerprint density at radius 2 is 2.16 bits per heavy atom. The summed E-state index contributed by atoms with van der Waals surface area (Å²) in [5.74, 6) is 1.72. The van der Waals surface area contributed by atoms with E-state index >= 15 is 0 Å². The Bertz CT molecular complexity index is 697. The lowest BCUT2D eigenvalue weighted by molar-refractivity contribution is -0.0174. The molecule has 0 spiro atoms. The van der Waals surface area contributed by atoms with Crippen LogP contribution in [0.25, 0.3) is 0 Å². The number of nitrogens with zero attached hydrogens (tertiary/aromatic N) is 2. The van der Waals surface area contributed by atoms with Crippen LogP contribution in [0.5, 0.6) is 5.75 Å². The van der Waals surface area contributed by atoms with E-state index in [0.29, 0.717) is 25.2 Å². The summed E-state index contributed by atoms with van der Waals surface area (Å²) >= 11 is 0. The molecule has 176 valence electrons. The van der Waals surface area contributed by atoms with Gasteiger partial charge in [-0.1, -0.05) is 12.1 Å². The van der Waals surface area contributed by atoms with Gasteiger partial charge in [0.05, 0.1) is 19.3 Å². The summed E-state index contributed by atoms with van der Waals surface area (Å²) in [6, 6.07) is 7.20. The van der Waals surface area contributed by atoms with Crippen LogP contribution in [0.3, 0.4) is 0 Å². The van der Waals surface area contributed by atoms with Crippen LogP contribution in [-0.4, -0.2) is 75.6 Å². The van der Waals surface area contributed by atoms with Gasteiger partial charge in [-0.2, -0.15) is 0 Å². The summed E-state index contributed by atoms with van der Waals surface area (Å²) in [6.45, 7) is 12.1. The normalized spacial score (nSPS) is 23.2. The third-order valence-corrected chi connectivity index (χ3v) is 5.89. The topological polar surface area (TPSA) is 67.4 Å². The van der Waals surface area contributed by atoms with Gasteiger partial charge in [0, 0.05) is 50.9 Å². The minimum Gasteiger partial charge on any atom is -0.491 e. The number of aliphatic imine (C=N–C) groups is 1. The maximum absolute atomic E-state index is 6.11. The number of nitrogens with one attached hydrogen (secondary N) is 2. The molecule has 0 amide bonds. The van der Waals surface area contributed by atoms with Crippen LogP contribution < -0.4 is 15.4 Å². The highest BCUT2D eigenvalue weighted by Gasteiger charge is 2.23. The van der Waals surface area contributed by atoms with Gasteiger partial charge in [0.25, 0.3) is 0 Å². The Hall–Kier alpha value is -1.10. The zero-order valence-electron chi connectivity index (χ0n) is 19.4. The predicted molar refractivity (Wildman–Crippen MR) is 136 cm³/mol. The molecule has 0 radical (unpaired) electrons. The highest BCUT2D eigenvalue weighted by Crippen LogP contribution is 2.22. The first-order chi connectivity index (χ1) is 14.6. The van der Waals surface area contributed by atoms with Crippen molar-refractivity contribution >= 4 is 29.9 Å². The summed E-state index contributed by atoms with van der Waals surface area (Å²) in [7, 11) is 1.81. The number of guanidine groups is 1. The molecule has 0 aliphatic carbocycles. The van der Waals surface area contributed by atoms with Gasteiger partial charge in [0.15, 0.2) is 5.96 Å². The molecule has 0 saturated carbocycles. The van der Waals surface area contributed by atoms with Gasteiger partial charge in [0.2, 0.25) is 0 Å². The van der Waals surface area contributed by atoms with Gasteiger partial charge < -0.3 is 24.8 Å². The molecule has 1 aromatic carbocycles. The van der Waals surface area contributed by atoms with Crippen molar-refractivity contribution in [1.82, 2.24) is 15.5 Å². The number of hydrogen-bond donors (Lipinski definition) is 2. The molecule has 3 rings (SSSR count). The van der Waals surface area contributed by atoms with Crippen molar-refractivity contribution in [1.29, 1.82) is 0 Å². The molecule has 2 aliphatic rings. The van der Waals surface area contributed by atoms with Crippen molar-refractivity contribution in [2.24, 2.45) is 4.99 Å². The summed E-state index contributed by atoms with van der Waals surface area (Å²) in [4.78, 5) is 6.87. The minimum atomic E-state index is 0. The molecule has 3 atom stereocenters. The first-order valence-corrected chi connectivity index (χ1v) is 11.2. The fourth-order valence-corrected chi connectivity index (χ4v) is 4.06. The van der Waals surface area contributed by atoms with Crippen LogP contribution in [0.15, 0.2) is 23.2 Å². The molecule has 7 nitrogen and oxygen atoms in total. The maximum atomic E-state index is 6.11. The van der Waals surface area contributed by atoms with E-state index in [2.05, 4.69) is 59.5 Å². The Balaban J connectivity index is 0.00000341. The number of hydrogen-bond acceptors (Lipinski definition) is 5. The number of aryl methyl sites for hydroxylation is 1. The number of benzene rings is 1. The van der Waals surface area contributed by atoms with Gasteiger partial charge in [-0.15, -0.1) is 24.0 Å². The predicted octanol–water partition coefficient (Wildman–Crippen LogP) is 2.95. The molecule has 2 N–H and O–H groups in total. The molecule has 31 heavy (non-hydrogen) atoms. The molecule has 2 heterocycles. The van der Waals surface area contributed by atoms with Crippen LogP contribution in [0.2, 0.25) is 0 Å². The summed E-state index contributed by atoms with van der Waals surface area (Å²) in [5, 5.41) is 6.89. The molecule has 2 saturated heterocycles. The second kappa shape index (κ2) is 13.4. The molecule has 0 aromatic heterocycles. The van der Waals surface area contributed by atoms with Gasteiger partial charge in [0.1, 0.15) is 12.4 Å². The Labute approximate surface area is 204 Å². The molecule has 0 bridgehead atoms. The number of morpholine rings is 1. The van der Waals surface area contributed by atoms with Crippen molar-refractivity contribution in [2.45, 2.75) is 58.3 Å². The molecule has 2 aliphatic heterocycles. The van der Waals surface area contributed by atoms with Crippen LogP contribution >= 0.6 is 24.0 Å². The van der Waals surface area contributed by atoms with E-state index in [9.17, 15) is 0 Å². The largest absolute Gasteiger partial charge is 0.491 e. The van der Waals surface area contributed by atoms with Crippen molar-refractivity contribution in [3.05, 3.63) is 29.3 Å². The quantitative estimate of drug-likeness (QED) is 0.297. The second-order valence-corrected chi connectivity index (χ2v) is 8.37. The molecule has 1 aromatic rings. The Morgan fingerprint density at radius 1 is 1.32 bits per heavy atom. The first-order valence-electron chi connectivity index (χ1n) is 11.2. The van der Waals surface area contributed by atoms with Crippen LogP contribution in [0, 0.1) is 6.92 Å². The summed E-state index contributed by atoms with van der Waals surface area (Å²) in [5.41, 5.74) is 2.31. The van der Waals surface area contributed by atoms with Crippen LogP contribution in [0.4, 0.5) is 0 Å². The highest BCUT2D eigenvalue weighted by atomic mass is 127. The summed E-state index contributed by atoms with van der Waals surface area (Å²) < 4.78 is 17.4. The van der Waals surface area contributed by atoms with E-state index in [1.165, 1.54) is 5.56 Å². The minimum absolute atomic E-state index is 0. The van der Waals surface area contributed by atoms with Crippen molar-refractivity contribution in [3.63, 3.8) is 0 Å². The monoisotopic (exact) mass is 546 g/mol. The third kappa shape index (κ3) is 8.07. The maximum Gasteiger partial charge on any atom is 0.191 e. The Kier molecular flexibility index (Phi) is 11.3. The lowest BCUT2D eigenvalue weighted by Crippen LogP contribution is -2.52. The fraction of sp³-hybridized carbons (Fsp3) is 0.696. The van der Waals surface area contributed by atoms with E-state index in [1.807, 2.05) is 0 Å². The average molecular weight is 546 g/mol. The van der Waals surface area contributed by atoms with E-state index in [4.69, 9.17) is 14.2 Å². The van der Waals surface area contributed by atoms with Gasteiger partial charge >= 0.3 is 0 Å². The van der Waals surface area contributed by atoms with Gasteiger partial charge in [-0.25, -0.2) is 0 Å². The first kappa shape index (κ1) is 26.2. The molecule has 3 unspecified atom stereocenters. The Morgan fingerprint density at radius 3 is 2.87 bits per heavy atom. The molecule has 8 heteroatoms. The van der Waals surface area contributed by atoms with Crippen molar-refractivity contribution in [3.8, 4) is 5.75 Å². The highest BCUT2D eigenvalue weighted by molar-refractivity contribution is 14.0.